The van der Waals surface area contributed by atoms with Crippen molar-refractivity contribution < 1.29 is 19.1 Å². The molecule has 2 aromatic rings. The maximum atomic E-state index is 11.7. The van der Waals surface area contributed by atoms with Gasteiger partial charge in [0.2, 0.25) is 5.91 Å². The summed E-state index contributed by atoms with van der Waals surface area (Å²) in [6.45, 7) is 2.02. The number of carbonyl (C=O) groups excluding carboxylic acids is 3. The summed E-state index contributed by atoms with van der Waals surface area (Å²) in [5, 5.41) is 6.56. The van der Waals surface area contributed by atoms with Crippen molar-refractivity contribution in [1.82, 2.24) is 16.2 Å². The largest absolute Gasteiger partial charge is 0.493 e. The van der Waals surface area contributed by atoms with Gasteiger partial charge in [-0.05, 0) is 48.6 Å². The lowest BCUT2D eigenvalue weighted by Crippen LogP contribution is -2.46. The molecular weight excluding hydrogens is 390 g/mol. The zero-order valence-electron chi connectivity index (χ0n) is 14.7. The maximum Gasteiger partial charge on any atom is 0.257 e. The van der Waals surface area contributed by atoms with Crippen LogP contribution in [-0.2, 0) is 9.59 Å². The number of hydrazine groups is 1. The third kappa shape index (κ3) is 7.28. The van der Waals surface area contributed by atoms with Crippen LogP contribution in [0, 0.1) is 6.92 Å². The van der Waals surface area contributed by atoms with Gasteiger partial charge < -0.3 is 10.1 Å². The summed E-state index contributed by atoms with van der Waals surface area (Å²) in [5.74, 6) is -0.481. The molecule has 0 unspecified atom stereocenters. The van der Waals surface area contributed by atoms with Crippen LogP contribution in [0.5, 0.6) is 5.75 Å². The highest BCUT2D eigenvalue weighted by molar-refractivity contribution is 7.08. The lowest BCUT2D eigenvalue weighted by atomic mass is 10.2. The molecule has 0 saturated carbocycles. The number of nitrogens with one attached hydrogen (secondary N) is 3. The lowest BCUT2D eigenvalue weighted by Gasteiger charge is -2.10. The number of halogens is 1. The summed E-state index contributed by atoms with van der Waals surface area (Å²) >= 11 is 7.27. The molecule has 0 atom stereocenters. The number of ether oxygens (including phenoxy) is 1. The third-order valence-electron chi connectivity index (χ3n) is 3.48. The molecule has 144 valence electrons. The number of hydrogen-bond acceptors (Lipinski definition) is 5. The number of thiophene rings is 1. The van der Waals surface area contributed by atoms with E-state index in [1.807, 2.05) is 6.92 Å². The van der Waals surface area contributed by atoms with E-state index in [2.05, 4.69) is 16.2 Å². The number of benzene rings is 1. The Kier molecular flexibility index (Phi) is 8.09. The fourth-order valence-corrected chi connectivity index (χ4v) is 2.95. The van der Waals surface area contributed by atoms with Crippen LogP contribution >= 0.6 is 22.9 Å². The highest BCUT2D eigenvalue weighted by Gasteiger charge is 2.09. The van der Waals surface area contributed by atoms with Crippen LogP contribution in [0.2, 0.25) is 5.02 Å². The smallest absolute Gasteiger partial charge is 0.257 e. The van der Waals surface area contributed by atoms with Crippen molar-refractivity contribution in [2.45, 2.75) is 19.8 Å². The van der Waals surface area contributed by atoms with Gasteiger partial charge in [0.25, 0.3) is 11.8 Å². The van der Waals surface area contributed by atoms with Crippen molar-refractivity contribution in [3.63, 3.8) is 0 Å². The van der Waals surface area contributed by atoms with Crippen LogP contribution in [0.4, 0.5) is 0 Å². The molecule has 3 amide bonds. The Morgan fingerprint density at radius 2 is 1.93 bits per heavy atom. The van der Waals surface area contributed by atoms with Crippen LogP contribution < -0.4 is 20.9 Å². The van der Waals surface area contributed by atoms with Crippen LogP contribution in [0.3, 0.4) is 0 Å². The second kappa shape index (κ2) is 10.5. The molecule has 1 heterocycles. The van der Waals surface area contributed by atoms with E-state index in [0.717, 1.165) is 11.3 Å². The summed E-state index contributed by atoms with van der Waals surface area (Å²) in [7, 11) is 0. The van der Waals surface area contributed by atoms with E-state index >= 15 is 0 Å². The quantitative estimate of drug-likeness (QED) is 0.461. The monoisotopic (exact) mass is 409 g/mol. The minimum Gasteiger partial charge on any atom is -0.493 e. The van der Waals surface area contributed by atoms with Crippen LogP contribution in [0.1, 0.15) is 28.8 Å². The Balaban J connectivity index is 1.57. The van der Waals surface area contributed by atoms with Gasteiger partial charge in [0.15, 0.2) is 0 Å². The van der Waals surface area contributed by atoms with E-state index in [-0.39, 0.29) is 24.8 Å². The maximum absolute atomic E-state index is 11.7. The number of amides is 3. The van der Waals surface area contributed by atoms with Crippen molar-refractivity contribution in [3.05, 3.63) is 51.2 Å². The first-order valence-electron chi connectivity index (χ1n) is 8.22. The van der Waals surface area contributed by atoms with Gasteiger partial charge in [0.05, 0.1) is 13.2 Å². The van der Waals surface area contributed by atoms with Crippen molar-refractivity contribution in [2.75, 3.05) is 13.2 Å². The molecule has 0 aliphatic rings. The zero-order chi connectivity index (χ0) is 19.6. The van der Waals surface area contributed by atoms with Crippen molar-refractivity contribution in [2.24, 2.45) is 0 Å². The Morgan fingerprint density at radius 1 is 1.15 bits per heavy atom. The van der Waals surface area contributed by atoms with Gasteiger partial charge >= 0.3 is 0 Å². The molecule has 1 aromatic carbocycles. The Labute approximate surface area is 166 Å². The Morgan fingerprint density at radius 3 is 2.63 bits per heavy atom. The molecule has 0 aliphatic heterocycles. The fourth-order valence-electron chi connectivity index (χ4n) is 2.09. The molecule has 7 nitrogen and oxygen atoms in total. The van der Waals surface area contributed by atoms with Gasteiger partial charge in [-0.3, -0.25) is 25.2 Å². The van der Waals surface area contributed by atoms with Crippen molar-refractivity contribution >= 4 is 40.7 Å². The van der Waals surface area contributed by atoms with Gasteiger partial charge in [0, 0.05) is 22.4 Å². The summed E-state index contributed by atoms with van der Waals surface area (Å²) in [6.07, 6.45) is 0.673. The molecule has 0 fully saturated rings. The summed E-state index contributed by atoms with van der Waals surface area (Å²) in [6, 6.07) is 6.98. The zero-order valence-corrected chi connectivity index (χ0v) is 16.3. The average molecular weight is 410 g/mol. The Hall–Kier alpha value is -2.58. The van der Waals surface area contributed by atoms with Gasteiger partial charge in [0.1, 0.15) is 5.75 Å². The molecule has 1 aromatic heterocycles. The first-order chi connectivity index (χ1) is 13.0. The highest BCUT2D eigenvalue weighted by atomic mass is 35.5. The molecular formula is C18H20ClN3O4S. The van der Waals surface area contributed by atoms with Gasteiger partial charge in [-0.25, -0.2) is 0 Å². The molecule has 27 heavy (non-hydrogen) atoms. The topological polar surface area (TPSA) is 96.5 Å². The molecule has 2 rings (SSSR count). The van der Waals surface area contributed by atoms with E-state index in [0.29, 0.717) is 23.6 Å². The third-order valence-corrected chi connectivity index (χ3v) is 4.40. The minimum atomic E-state index is -0.514. The number of rotatable bonds is 8. The van der Waals surface area contributed by atoms with Gasteiger partial charge in [-0.1, -0.05) is 11.6 Å². The second-order valence-electron chi connectivity index (χ2n) is 5.65. The highest BCUT2D eigenvalue weighted by Crippen LogP contribution is 2.21. The Bertz CT molecular complexity index is 796. The summed E-state index contributed by atoms with van der Waals surface area (Å²) < 4.78 is 5.60. The fraction of sp³-hybridized carbons (Fsp3) is 0.278. The van der Waals surface area contributed by atoms with E-state index < -0.39 is 5.91 Å². The molecule has 0 spiro atoms. The van der Waals surface area contributed by atoms with E-state index in [4.69, 9.17) is 16.3 Å². The normalized spacial score (nSPS) is 10.1. The first-order valence-corrected chi connectivity index (χ1v) is 9.55. The molecule has 0 saturated heterocycles. The predicted molar refractivity (Wildman–Crippen MR) is 104 cm³/mol. The number of aryl methyl sites for hydroxylation is 1. The summed E-state index contributed by atoms with van der Waals surface area (Å²) in [5.41, 5.74) is 5.96. The van der Waals surface area contributed by atoms with Crippen molar-refractivity contribution in [3.8, 4) is 5.75 Å². The number of carbonyl (C=O) groups is 3. The van der Waals surface area contributed by atoms with Gasteiger partial charge in [-0.15, -0.1) is 0 Å². The first kappa shape index (κ1) is 20.7. The molecule has 9 heteroatoms. The average Bonchev–Trinajstić information content (AvgIpc) is 3.17. The van der Waals surface area contributed by atoms with E-state index in [9.17, 15) is 14.4 Å². The van der Waals surface area contributed by atoms with Crippen LogP contribution in [0.25, 0.3) is 0 Å². The molecule has 0 radical (unpaired) electrons. The number of hydrogen-bond donors (Lipinski definition) is 3. The van der Waals surface area contributed by atoms with E-state index in [1.54, 1.807) is 35.0 Å². The van der Waals surface area contributed by atoms with Gasteiger partial charge in [-0.2, -0.15) is 11.3 Å². The molecule has 0 aliphatic carbocycles. The second-order valence-corrected chi connectivity index (χ2v) is 6.87. The minimum absolute atomic E-state index is 0.189. The lowest BCUT2D eigenvalue weighted by molar-refractivity contribution is -0.128. The molecule has 0 bridgehead atoms. The van der Waals surface area contributed by atoms with E-state index in [1.165, 1.54) is 11.3 Å². The molecule has 3 N–H and O–H groups in total. The van der Waals surface area contributed by atoms with Crippen LogP contribution in [0.15, 0.2) is 35.0 Å². The predicted octanol–water partition coefficient (Wildman–Crippen LogP) is 2.45. The van der Waals surface area contributed by atoms with Crippen molar-refractivity contribution in [1.29, 1.82) is 0 Å². The SMILES string of the molecule is Cc1cc(Cl)ccc1OCCCC(=O)NNC(=O)CNC(=O)c1ccsc1. The van der Waals surface area contributed by atoms with Crippen LogP contribution in [-0.4, -0.2) is 30.9 Å². The summed E-state index contributed by atoms with van der Waals surface area (Å²) in [4.78, 5) is 35.0. The standard InChI is InChI=1S/C18H20ClN3O4S/c1-12-9-14(19)4-5-15(12)26-7-2-3-16(23)21-22-17(24)10-20-18(25)13-6-8-27-11-13/h4-6,8-9,11H,2-3,7,10H2,1H3,(H,20,25)(H,21,23)(H,22,24).